The van der Waals surface area contributed by atoms with Crippen LogP contribution in [0.25, 0.3) is 0 Å². The molecule has 1 fully saturated rings. The van der Waals surface area contributed by atoms with Crippen LogP contribution in [0.15, 0.2) is 0 Å². The van der Waals surface area contributed by atoms with Gasteiger partial charge in [-0.2, -0.15) is 5.26 Å². The van der Waals surface area contributed by atoms with Crippen molar-refractivity contribution in [3.05, 3.63) is 0 Å². The molecule has 0 aromatic heterocycles. The lowest BCUT2D eigenvalue weighted by Gasteiger charge is -2.20. The molecule has 0 aromatic carbocycles. The zero-order valence-electron chi connectivity index (χ0n) is 9.08. The van der Waals surface area contributed by atoms with Crippen LogP contribution in [-0.4, -0.2) is 31.1 Å². The molecule has 80 valence electrons. The normalized spacial score (nSPS) is 19.9. The number of nitrogens with two attached hydrogens (primary N) is 1. The van der Waals surface area contributed by atoms with Gasteiger partial charge >= 0.3 is 0 Å². The van der Waals surface area contributed by atoms with Crippen LogP contribution in [0, 0.1) is 17.2 Å². The van der Waals surface area contributed by atoms with Crippen molar-refractivity contribution in [3.8, 4) is 6.07 Å². The highest BCUT2D eigenvalue weighted by Gasteiger charge is 2.16. The van der Waals surface area contributed by atoms with Gasteiger partial charge in [-0.15, -0.1) is 0 Å². The Morgan fingerprint density at radius 3 is 2.71 bits per heavy atom. The van der Waals surface area contributed by atoms with E-state index in [2.05, 4.69) is 18.0 Å². The third-order valence-corrected chi connectivity index (χ3v) is 3.03. The van der Waals surface area contributed by atoms with Crippen molar-refractivity contribution in [1.82, 2.24) is 4.90 Å². The summed E-state index contributed by atoms with van der Waals surface area (Å²) in [5.41, 5.74) is 5.54. The Morgan fingerprint density at radius 1 is 1.50 bits per heavy atom. The first kappa shape index (κ1) is 11.5. The van der Waals surface area contributed by atoms with E-state index < -0.39 is 0 Å². The zero-order valence-corrected chi connectivity index (χ0v) is 9.08. The van der Waals surface area contributed by atoms with Gasteiger partial charge in [0.15, 0.2) is 0 Å². The predicted molar refractivity (Wildman–Crippen MR) is 57.7 cm³/mol. The van der Waals surface area contributed by atoms with Crippen LogP contribution in [0.2, 0.25) is 0 Å². The minimum atomic E-state index is -0.291. The highest BCUT2D eigenvalue weighted by molar-refractivity contribution is 4.86. The molecule has 1 aliphatic carbocycles. The summed E-state index contributed by atoms with van der Waals surface area (Å²) in [6, 6.07) is 1.77. The van der Waals surface area contributed by atoms with Crippen molar-refractivity contribution in [1.29, 1.82) is 5.26 Å². The monoisotopic (exact) mass is 195 g/mol. The molecular weight excluding hydrogens is 174 g/mol. The molecule has 1 atom stereocenters. The fourth-order valence-corrected chi connectivity index (χ4v) is 2.15. The molecule has 0 bridgehead atoms. The molecule has 1 saturated carbocycles. The average molecular weight is 195 g/mol. The highest BCUT2D eigenvalue weighted by Crippen LogP contribution is 2.25. The van der Waals surface area contributed by atoms with E-state index in [1.165, 1.54) is 32.2 Å². The Bertz CT molecular complexity index is 191. The summed E-state index contributed by atoms with van der Waals surface area (Å²) in [7, 11) is 2.13. The molecule has 3 nitrogen and oxygen atoms in total. The third kappa shape index (κ3) is 4.08. The Balaban J connectivity index is 2.09. The smallest absolute Gasteiger partial charge is 0.0940 e. The molecule has 0 heterocycles. The van der Waals surface area contributed by atoms with E-state index in [4.69, 9.17) is 11.0 Å². The number of hydrogen-bond acceptors (Lipinski definition) is 3. The quantitative estimate of drug-likeness (QED) is 0.720. The van der Waals surface area contributed by atoms with Crippen LogP contribution in [0.4, 0.5) is 0 Å². The van der Waals surface area contributed by atoms with E-state index in [0.717, 1.165) is 18.9 Å². The van der Waals surface area contributed by atoms with Gasteiger partial charge in [0, 0.05) is 13.1 Å². The summed E-state index contributed by atoms with van der Waals surface area (Å²) in [5.74, 6) is 0.887. The first-order valence-electron chi connectivity index (χ1n) is 5.56. The van der Waals surface area contributed by atoms with E-state index >= 15 is 0 Å². The van der Waals surface area contributed by atoms with Crippen LogP contribution in [0.3, 0.4) is 0 Å². The summed E-state index contributed by atoms with van der Waals surface area (Å²) in [5, 5.41) is 8.54. The van der Waals surface area contributed by atoms with Gasteiger partial charge < -0.3 is 10.6 Å². The van der Waals surface area contributed by atoms with Crippen LogP contribution >= 0.6 is 0 Å². The molecule has 1 aliphatic rings. The zero-order chi connectivity index (χ0) is 10.4. The summed E-state index contributed by atoms with van der Waals surface area (Å²) < 4.78 is 0. The Labute approximate surface area is 86.9 Å². The van der Waals surface area contributed by atoms with Gasteiger partial charge in [-0.3, -0.25) is 0 Å². The summed E-state index contributed by atoms with van der Waals surface area (Å²) in [4.78, 5) is 2.31. The predicted octanol–water partition coefficient (Wildman–Crippen LogP) is 1.35. The summed E-state index contributed by atoms with van der Waals surface area (Å²) in [6.45, 7) is 2.13. The molecule has 0 aromatic rings. The van der Waals surface area contributed by atoms with Gasteiger partial charge in [-0.05, 0) is 32.2 Å². The molecular formula is C11H21N3. The maximum absolute atomic E-state index is 8.54. The molecule has 3 heteroatoms. The van der Waals surface area contributed by atoms with Gasteiger partial charge in [0.05, 0.1) is 12.1 Å². The second-order valence-electron chi connectivity index (χ2n) is 4.44. The van der Waals surface area contributed by atoms with Crippen molar-refractivity contribution in [2.45, 2.75) is 38.1 Å². The van der Waals surface area contributed by atoms with Crippen molar-refractivity contribution >= 4 is 0 Å². The summed E-state index contributed by atoms with van der Waals surface area (Å²) in [6.07, 6.45) is 6.36. The SMILES string of the molecule is CN(CCC(N)C#N)CC1CCCC1. The van der Waals surface area contributed by atoms with E-state index in [-0.39, 0.29) is 6.04 Å². The molecule has 1 unspecified atom stereocenters. The lowest BCUT2D eigenvalue weighted by Crippen LogP contribution is -2.30. The van der Waals surface area contributed by atoms with Crippen molar-refractivity contribution in [3.63, 3.8) is 0 Å². The number of hydrogen-bond donors (Lipinski definition) is 1. The van der Waals surface area contributed by atoms with Crippen molar-refractivity contribution in [2.75, 3.05) is 20.1 Å². The number of nitrogens with zero attached hydrogens (tertiary/aromatic N) is 2. The maximum atomic E-state index is 8.54. The minimum absolute atomic E-state index is 0.291. The fraction of sp³-hybridized carbons (Fsp3) is 0.909. The molecule has 2 N–H and O–H groups in total. The largest absolute Gasteiger partial charge is 0.316 e. The van der Waals surface area contributed by atoms with Crippen LogP contribution < -0.4 is 5.73 Å². The lowest BCUT2D eigenvalue weighted by atomic mass is 10.1. The Kier molecular flexibility index (Phi) is 4.92. The topological polar surface area (TPSA) is 53.0 Å². The molecule has 0 radical (unpaired) electrons. The molecule has 14 heavy (non-hydrogen) atoms. The number of nitriles is 1. The highest BCUT2D eigenvalue weighted by atomic mass is 15.1. The van der Waals surface area contributed by atoms with Crippen molar-refractivity contribution < 1.29 is 0 Å². The summed E-state index contributed by atoms with van der Waals surface area (Å²) >= 11 is 0. The Hall–Kier alpha value is -0.590. The van der Waals surface area contributed by atoms with E-state index in [1.54, 1.807) is 0 Å². The number of rotatable bonds is 5. The van der Waals surface area contributed by atoms with Gasteiger partial charge in [0.1, 0.15) is 0 Å². The third-order valence-electron chi connectivity index (χ3n) is 3.03. The lowest BCUT2D eigenvalue weighted by molar-refractivity contribution is 0.273. The van der Waals surface area contributed by atoms with Crippen LogP contribution in [-0.2, 0) is 0 Å². The average Bonchev–Trinajstić information content (AvgIpc) is 2.66. The van der Waals surface area contributed by atoms with Gasteiger partial charge in [-0.1, -0.05) is 12.8 Å². The second kappa shape index (κ2) is 6.00. The maximum Gasteiger partial charge on any atom is 0.0940 e. The van der Waals surface area contributed by atoms with Crippen LogP contribution in [0.5, 0.6) is 0 Å². The van der Waals surface area contributed by atoms with E-state index in [9.17, 15) is 0 Å². The second-order valence-corrected chi connectivity index (χ2v) is 4.44. The Morgan fingerprint density at radius 2 is 2.14 bits per heavy atom. The van der Waals surface area contributed by atoms with Gasteiger partial charge in [-0.25, -0.2) is 0 Å². The molecule has 1 rings (SSSR count). The first-order chi connectivity index (χ1) is 6.72. The minimum Gasteiger partial charge on any atom is -0.316 e. The molecule has 0 saturated heterocycles. The molecule has 0 amide bonds. The van der Waals surface area contributed by atoms with E-state index in [1.807, 2.05) is 0 Å². The standard InChI is InChI=1S/C11H21N3/c1-14(7-6-11(13)8-12)9-10-4-2-3-5-10/h10-11H,2-7,9,13H2,1H3. The fourth-order valence-electron chi connectivity index (χ4n) is 2.15. The van der Waals surface area contributed by atoms with Crippen LogP contribution in [0.1, 0.15) is 32.1 Å². The first-order valence-corrected chi connectivity index (χ1v) is 5.56. The van der Waals surface area contributed by atoms with Gasteiger partial charge in [0.25, 0.3) is 0 Å². The van der Waals surface area contributed by atoms with Gasteiger partial charge in [0.2, 0.25) is 0 Å². The molecule has 0 spiro atoms. The van der Waals surface area contributed by atoms with E-state index in [0.29, 0.717) is 0 Å². The van der Waals surface area contributed by atoms with Crippen molar-refractivity contribution in [2.24, 2.45) is 11.7 Å². The molecule has 0 aliphatic heterocycles.